The SMILES string of the molecule is C#CC(=O)N(c1cccnc1)C(C(=O)NCCc1ccccc1)c1cccs1. The molecule has 3 aromatic rings. The van der Waals surface area contributed by atoms with Gasteiger partial charge in [-0.1, -0.05) is 36.4 Å². The second-order valence-electron chi connectivity index (χ2n) is 5.98. The summed E-state index contributed by atoms with van der Waals surface area (Å²) in [5.74, 6) is 1.25. The number of aromatic nitrogens is 1. The second kappa shape index (κ2) is 9.49. The molecule has 1 unspecified atom stereocenters. The molecule has 0 saturated heterocycles. The highest BCUT2D eigenvalue weighted by Gasteiger charge is 2.32. The van der Waals surface area contributed by atoms with Gasteiger partial charge in [0.1, 0.15) is 0 Å². The van der Waals surface area contributed by atoms with E-state index in [4.69, 9.17) is 6.42 Å². The molecule has 1 aromatic carbocycles. The van der Waals surface area contributed by atoms with Crippen molar-refractivity contribution in [3.05, 3.63) is 82.8 Å². The van der Waals surface area contributed by atoms with Gasteiger partial charge in [-0.2, -0.15) is 0 Å². The number of nitrogens with zero attached hydrogens (tertiary/aromatic N) is 2. The zero-order valence-electron chi connectivity index (χ0n) is 15.1. The summed E-state index contributed by atoms with van der Waals surface area (Å²) in [5, 5.41) is 4.80. The van der Waals surface area contributed by atoms with Crippen molar-refractivity contribution in [3.63, 3.8) is 0 Å². The molecule has 28 heavy (non-hydrogen) atoms. The van der Waals surface area contributed by atoms with Gasteiger partial charge in [-0.05, 0) is 41.5 Å². The van der Waals surface area contributed by atoms with Gasteiger partial charge in [-0.15, -0.1) is 17.8 Å². The number of pyridine rings is 1. The van der Waals surface area contributed by atoms with E-state index in [9.17, 15) is 9.59 Å². The minimum Gasteiger partial charge on any atom is -0.354 e. The predicted molar refractivity (Wildman–Crippen MR) is 111 cm³/mol. The van der Waals surface area contributed by atoms with Crippen molar-refractivity contribution in [1.29, 1.82) is 0 Å². The molecule has 5 nitrogen and oxygen atoms in total. The van der Waals surface area contributed by atoms with Crippen molar-refractivity contribution in [1.82, 2.24) is 10.3 Å². The van der Waals surface area contributed by atoms with Crippen LogP contribution in [0, 0.1) is 12.3 Å². The molecule has 2 heterocycles. The van der Waals surface area contributed by atoms with Gasteiger partial charge < -0.3 is 5.32 Å². The summed E-state index contributed by atoms with van der Waals surface area (Å²) in [6, 6.07) is 16.1. The molecular weight excluding hydrogens is 370 g/mol. The lowest BCUT2D eigenvalue weighted by atomic mass is 10.1. The third-order valence-electron chi connectivity index (χ3n) is 4.14. The zero-order chi connectivity index (χ0) is 19.8. The Hall–Kier alpha value is -3.43. The molecule has 0 aliphatic carbocycles. The zero-order valence-corrected chi connectivity index (χ0v) is 15.9. The van der Waals surface area contributed by atoms with Crippen LogP contribution in [0.4, 0.5) is 5.69 Å². The summed E-state index contributed by atoms with van der Waals surface area (Å²) in [6.07, 6.45) is 9.20. The van der Waals surface area contributed by atoms with Crippen LogP contribution in [0.15, 0.2) is 72.4 Å². The van der Waals surface area contributed by atoms with Gasteiger partial charge in [0.25, 0.3) is 0 Å². The van der Waals surface area contributed by atoms with Crippen LogP contribution in [0.25, 0.3) is 0 Å². The Morgan fingerprint density at radius 1 is 1.14 bits per heavy atom. The van der Waals surface area contributed by atoms with E-state index in [0.29, 0.717) is 18.7 Å². The summed E-state index contributed by atoms with van der Waals surface area (Å²) in [4.78, 5) is 31.7. The van der Waals surface area contributed by atoms with Crippen LogP contribution < -0.4 is 10.2 Å². The number of amides is 2. The second-order valence-corrected chi connectivity index (χ2v) is 6.95. The average molecular weight is 389 g/mol. The van der Waals surface area contributed by atoms with Gasteiger partial charge in [-0.3, -0.25) is 19.5 Å². The number of anilines is 1. The fourth-order valence-electron chi connectivity index (χ4n) is 2.84. The van der Waals surface area contributed by atoms with Crippen LogP contribution in [-0.4, -0.2) is 23.3 Å². The molecule has 2 aromatic heterocycles. The summed E-state index contributed by atoms with van der Waals surface area (Å²) in [6.45, 7) is 0.454. The molecule has 1 N–H and O–H groups in total. The van der Waals surface area contributed by atoms with Gasteiger partial charge in [0, 0.05) is 17.6 Å². The van der Waals surface area contributed by atoms with E-state index >= 15 is 0 Å². The Bertz CT molecular complexity index is 950. The maximum absolute atomic E-state index is 13.1. The number of nitrogens with one attached hydrogen (secondary N) is 1. The third kappa shape index (κ3) is 4.64. The lowest BCUT2D eigenvalue weighted by Crippen LogP contribution is -2.43. The molecule has 0 saturated carbocycles. The molecule has 2 amide bonds. The molecule has 6 heteroatoms. The smallest absolute Gasteiger partial charge is 0.303 e. The topological polar surface area (TPSA) is 62.3 Å². The van der Waals surface area contributed by atoms with E-state index in [1.54, 1.807) is 18.3 Å². The van der Waals surface area contributed by atoms with Crippen molar-refractivity contribution in [2.24, 2.45) is 0 Å². The lowest BCUT2D eigenvalue weighted by Gasteiger charge is -2.28. The first-order valence-electron chi connectivity index (χ1n) is 8.75. The van der Waals surface area contributed by atoms with Crippen LogP contribution >= 0.6 is 11.3 Å². The number of hydrogen-bond acceptors (Lipinski definition) is 4. The van der Waals surface area contributed by atoms with Gasteiger partial charge >= 0.3 is 5.91 Å². The summed E-state index contributed by atoms with van der Waals surface area (Å²) >= 11 is 1.40. The van der Waals surface area contributed by atoms with Crippen LogP contribution in [0.1, 0.15) is 16.5 Å². The van der Waals surface area contributed by atoms with Crippen molar-refractivity contribution in [2.75, 3.05) is 11.4 Å². The molecular formula is C22H19N3O2S. The number of terminal acetylenes is 1. The molecule has 0 spiro atoms. The molecule has 1 atom stereocenters. The number of rotatable bonds is 7. The highest BCUT2D eigenvalue weighted by atomic mass is 32.1. The van der Waals surface area contributed by atoms with E-state index in [2.05, 4.69) is 16.2 Å². The summed E-state index contributed by atoms with van der Waals surface area (Å²) in [7, 11) is 0. The third-order valence-corrected chi connectivity index (χ3v) is 5.07. The fraction of sp³-hybridized carbons (Fsp3) is 0.136. The standard InChI is InChI=1S/C22H19N3O2S/c1-2-20(26)25(18-10-6-13-23-16-18)21(19-11-7-15-28-19)22(27)24-14-12-17-8-4-3-5-9-17/h1,3-11,13,15-16,21H,12,14H2,(H,24,27). The number of carbonyl (C=O) groups excluding carboxylic acids is 2. The monoisotopic (exact) mass is 389 g/mol. The Morgan fingerprint density at radius 2 is 1.96 bits per heavy atom. The van der Waals surface area contributed by atoms with Crippen molar-refractivity contribution in [3.8, 4) is 12.3 Å². The molecule has 0 bridgehead atoms. The van der Waals surface area contributed by atoms with Crippen LogP contribution in [-0.2, 0) is 16.0 Å². The van der Waals surface area contributed by atoms with Crippen molar-refractivity contribution < 1.29 is 9.59 Å². The van der Waals surface area contributed by atoms with E-state index in [1.807, 2.05) is 47.8 Å². The van der Waals surface area contributed by atoms with Crippen molar-refractivity contribution >= 4 is 28.8 Å². The highest BCUT2D eigenvalue weighted by molar-refractivity contribution is 7.10. The normalized spacial score (nSPS) is 11.2. The van der Waals surface area contributed by atoms with Crippen LogP contribution in [0.3, 0.4) is 0 Å². The summed E-state index contributed by atoms with van der Waals surface area (Å²) < 4.78 is 0. The van der Waals surface area contributed by atoms with Crippen LogP contribution in [0.2, 0.25) is 0 Å². The molecule has 140 valence electrons. The maximum Gasteiger partial charge on any atom is 0.303 e. The lowest BCUT2D eigenvalue weighted by molar-refractivity contribution is -0.125. The molecule has 0 radical (unpaired) electrons. The molecule has 0 fully saturated rings. The Morgan fingerprint density at radius 3 is 2.61 bits per heavy atom. The number of thiophene rings is 1. The van der Waals surface area contributed by atoms with E-state index in [0.717, 1.165) is 10.4 Å². The number of benzene rings is 1. The number of carbonyl (C=O) groups is 2. The number of hydrogen-bond donors (Lipinski definition) is 1. The average Bonchev–Trinajstić information content (AvgIpc) is 3.27. The maximum atomic E-state index is 13.1. The Balaban J connectivity index is 1.84. The minimum atomic E-state index is -0.858. The van der Waals surface area contributed by atoms with E-state index < -0.39 is 11.9 Å². The van der Waals surface area contributed by atoms with Gasteiger partial charge in [-0.25, -0.2) is 0 Å². The first-order valence-corrected chi connectivity index (χ1v) is 9.63. The summed E-state index contributed by atoms with van der Waals surface area (Å²) in [5.41, 5.74) is 1.60. The Kier molecular flexibility index (Phi) is 6.55. The molecule has 0 aliphatic rings. The largest absolute Gasteiger partial charge is 0.354 e. The van der Waals surface area contributed by atoms with Crippen molar-refractivity contribution in [2.45, 2.75) is 12.5 Å². The van der Waals surface area contributed by atoms with Gasteiger partial charge in [0.15, 0.2) is 6.04 Å². The Labute approximate surface area is 168 Å². The van der Waals surface area contributed by atoms with Gasteiger partial charge in [0.2, 0.25) is 5.91 Å². The fourth-order valence-corrected chi connectivity index (χ4v) is 3.65. The quantitative estimate of drug-likeness (QED) is 0.631. The minimum absolute atomic E-state index is 0.286. The highest BCUT2D eigenvalue weighted by Crippen LogP contribution is 2.30. The van der Waals surface area contributed by atoms with Gasteiger partial charge in [0.05, 0.1) is 11.9 Å². The molecule has 3 rings (SSSR count). The van der Waals surface area contributed by atoms with E-state index in [-0.39, 0.29) is 5.91 Å². The van der Waals surface area contributed by atoms with Crippen LogP contribution in [0.5, 0.6) is 0 Å². The van der Waals surface area contributed by atoms with E-state index in [1.165, 1.54) is 22.4 Å². The molecule has 0 aliphatic heterocycles. The predicted octanol–water partition coefficient (Wildman–Crippen LogP) is 3.21. The first kappa shape index (κ1) is 19.3. The first-order chi connectivity index (χ1) is 13.7.